The molecule has 0 aliphatic carbocycles. The molecule has 2 N–H and O–H groups in total. The van der Waals surface area contributed by atoms with Crippen LogP contribution in [-0.4, -0.2) is 20.4 Å². The van der Waals surface area contributed by atoms with Gasteiger partial charge in [-0.25, -0.2) is 14.8 Å². The molecule has 0 aliphatic rings. The zero-order valence-corrected chi connectivity index (χ0v) is 13.5. The lowest BCUT2D eigenvalue weighted by Gasteiger charge is -2.06. The van der Waals surface area contributed by atoms with Crippen molar-refractivity contribution in [3.8, 4) is 0 Å². The molecule has 2 amide bonds. The van der Waals surface area contributed by atoms with Crippen molar-refractivity contribution in [1.82, 2.24) is 19.7 Å². The summed E-state index contributed by atoms with van der Waals surface area (Å²) < 4.78 is 1.89. The number of anilines is 1. The average molecular weight is 315 g/mol. The second-order valence-corrected chi connectivity index (χ2v) is 6.41. The van der Waals surface area contributed by atoms with E-state index in [4.69, 9.17) is 0 Å². The molecule has 0 radical (unpaired) electrons. The standard InChI is InChI=1S/C15H17N5OS/c1-9-7-20-8-12(4-5-13(20)17-9)19-15(21)16-6-14-18-10(2)11(3)22-14/h4-5,7-8H,6H2,1-3H3,(H2,16,19,21). The van der Waals surface area contributed by atoms with E-state index in [-0.39, 0.29) is 6.03 Å². The molecule has 3 aromatic rings. The molecule has 0 spiro atoms. The number of thiazole rings is 1. The number of aryl methyl sites for hydroxylation is 3. The van der Waals surface area contributed by atoms with Crippen LogP contribution in [0.1, 0.15) is 21.3 Å². The lowest BCUT2D eigenvalue weighted by Crippen LogP contribution is -2.28. The molecule has 0 fully saturated rings. The number of hydrogen-bond acceptors (Lipinski definition) is 4. The molecule has 0 saturated carbocycles. The molecule has 22 heavy (non-hydrogen) atoms. The number of imidazole rings is 1. The first-order chi connectivity index (χ1) is 10.5. The summed E-state index contributed by atoms with van der Waals surface area (Å²) in [5.74, 6) is 0. The predicted molar refractivity (Wildman–Crippen MR) is 87.4 cm³/mol. The first-order valence-electron chi connectivity index (χ1n) is 6.94. The minimum Gasteiger partial charge on any atom is -0.331 e. The van der Waals surface area contributed by atoms with E-state index in [1.165, 1.54) is 4.88 Å². The van der Waals surface area contributed by atoms with Crippen molar-refractivity contribution in [3.63, 3.8) is 0 Å². The van der Waals surface area contributed by atoms with E-state index >= 15 is 0 Å². The normalized spacial score (nSPS) is 10.9. The fourth-order valence-corrected chi connectivity index (χ4v) is 3.01. The summed E-state index contributed by atoms with van der Waals surface area (Å²) in [7, 11) is 0. The number of carbonyl (C=O) groups excluding carboxylic acids is 1. The van der Waals surface area contributed by atoms with Gasteiger partial charge in [-0.05, 0) is 32.9 Å². The van der Waals surface area contributed by atoms with E-state index in [2.05, 4.69) is 20.6 Å². The predicted octanol–water partition coefficient (Wildman–Crippen LogP) is 3.04. The third-order valence-electron chi connectivity index (χ3n) is 3.30. The van der Waals surface area contributed by atoms with Crippen LogP contribution in [0.5, 0.6) is 0 Å². The van der Waals surface area contributed by atoms with Gasteiger partial charge in [0, 0.05) is 17.3 Å². The smallest absolute Gasteiger partial charge is 0.319 e. The molecular formula is C15H17N5OS. The van der Waals surface area contributed by atoms with Crippen LogP contribution in [0.3, 0.4) is 0 Å². The van der Waals surface area contributed by atoms with Crippen LogP contribution in [0.4, 0.5) is 10.5 Å². The van der Waals surface area contributed by atoms with Crippen molar-refractivity contribution >= 4 is 28.7 Å². The minimum absolute atomic E-state index is 0.248. The van der Waals surface area contributed by atoms with Crippen molar-refractivity contribution in [2.24, 2.45) is 0 Å². The van der Waals surface area contributed by atoms with Crippen molar-refractivity contribution in [3.05, 3.63) is 45.8 Å². The third kappa shape index (κ3) is 3.09. The first kappa shape index (κ1) is 14.5. The van der Waals surface area contributed by atoms with Gasteiger partial charge in [0.2, 0.25) is 0 Å². The number of rotatable bonds is 3. The fourth-order valence-electron chi connectivity index (χ4n) is 2.14. The molecule has 3 heterocycles. The summed E-state index contributed by atoms with van der Waals surface area (Å²) in [5, 5.41) is 6.54. The first-order valence-corrected chi connectivity index (χ1v) is 7.76. The Kier molecular flexibility index (Phi) is 3.81. The van der Waals surface area contributed by atoms with E-state index < -0.39 is 0 Å². The molecule has 7 heteroatoms. The molecule has 0 saturated heterocycles. The maximum absolute atomic E-state index is 11.9. The number of nitrogens with one attached hydrogen (secondary N) is 2. The van der Waals surface area contributed by atoms with Crippen LogP contribution in [0, 0.1) is 20.8 Å². The Morgan fingerprint density at radius 3 is 2.77 bits per heavy atom. The van der Waals surface area contributed by atoms with Crippen LogP contribution in [0.15, 0.2) is 24.5 Å². The van der Waals surface area contributed by atoms with Crippen LogP contribution in [-0.2, 0) is 6.54 Å². The second kappa shape index (κ2) is 5.76. The maximum Gasteiger partial charge on any atom is 0.319 e. The molecule has 0 atom stereocenters. The summed E-state index contributed by atoms with van der Waals surface area (Å²) >= 11 is 1.60. The second-order valence-electron chi connectivity index (χ2n) is 5.12. The monoisotopic (exact) mass is 315 g/mol. The Labute approximate surface area is 132 Å². The molecule has 3 rings (SSSR count). The number of nitrogens with zero attached hydrogens (tertiary/aromatic N) is 3. The number of aromatic nitrogens is 3. The third-order valence-corrected chi connectivity index (χ3v) is 4.38. The van der Waals surface area contributed by atoms with Gasteiger partial charge >= 0.3 is 6.03 Å². The molecule has 3 aromatic heterocycles. The van der Waals surface area contributed by atoms with Crippen molar-refractivity contribution < 1.29 is 4.79 Å². The molecular weight excluding hydrogens is 298 g/mol. The Morgan fingerprint density at radius 1 is 1.23 bits per heavy atom. The summed E-state index contributed by atoms with van der Waals surface area (Å²) in [5.41, 5.74) is 3.53. The summed E-state index contributed by atoms with van der Waals surface area (Å²) in [6, 6.07) is 3.46. The number of hydrogen-bond donors (Lipinski definition) is 2. The Morgan fingerprint density at radius 2 is 2.05 bits per heavy atom. The van der Waals surface area contributed by atoms with E-state index in [1.54, 1.807) is 11.3 Å². The number of fused-ring (bicyclic) bond motifs is 1. The number of carbonyl (C=O) groups is 1. The summed E-state index contributed by atoms with van der Waals surface area (Å²) in [6.45, 7) is 6.36. The van der Waals surface area contributed by atoms with Gasteiger partial charge in [0.25, 0.3) is 0 Å². The highest BCUT2D eigenvalue weighted by atomic mass is 32.1. The van der Waals surface area contributed by atoms with E-state index in [1.807, 2.05) is 49.7 Å². The Hall–Kier alpha value is -2.41. The number of pyridine rings is 1. The molecule has 114 valence electrons. The van der Waals surface area contributed by atoms with Gasteiger partial charge in [-0.3, -0.25) is 0 Å². The zero-order chi connectivity index (χ0) is 15.7. The van der Waals surface area contributed by atoms with Gasteiger partial charge in [0.1, 0.15) is 10.7 Å². The van der Waals surface area contributed by atoms with E-state index in [9.17, 15) is 4.79 Å². The molecule has 0 aliphatic heterocycles. The van der Waals surface area contributed by atoms with Crippen LogP contribution in [0.25, 0.3) is 5.65 Å². The van der Waals surface area contributed by atoms with Crippen molar-refractivity contribution in [2.45, 2.75) is 27.3 Å². The van der Waals surface area contributed by atoms with Crippen LogP contribution >= 0.6 is 11.3 Å². The molecule has 0 unspecified atom stereocenters. The fraction of sp³-hybridized carbons (Fsp3) is 0.267. The van der Waals surface area contributed by atoms with Gasteiger partial charge < -0.3 is 15.0 Å². The largest absolute Gasteiger partial charge is 0.331 e. The van der Waals surface area contributed by atoms with Crippen LogP contribution < -0.4 is 10.6 Å². The van der Waals surface area contributed by atoms with Gasteiger partial charge in [0.05, 0.1) is 23.6 Å². The zero-order valence-electron chi connectivity index (χ0n) is 12.7. The van der Waals surface area contributed by atoms with Gasteiger partial charge in [0.15, 0.2) is 0 Å². The quantitative estimate of drug-likeness (QED) is 0.780. The minimum atomic E-state index is -0.248. The highest BCUT2D eigenvalue weighted by Gasteiger charge is 2.07. The van der Waals surface area contributed by atoms with E-state index in [0.717, 1.165) is 22.0 Å². The molecule has 6 nitrogen and oxygen atoms in total. The summed E-state index contributed by atoms with van der Waals surface area (Å²) in [4.78, 5) is 21.9. The maximum atomic E-state index is 11.9. The Bertz CT molecular complexity index is 816. The van der Waals surface area contributed by atoms with E-state index in [0.29, 0.717) is 12.2 Å². The highest BCUT2D eigenvalue weighted by Crippen LogP contribution is 2.16. The van der Waals surface area contributed by atoms with Gasteiger partial charge in [-0.15, -0.1) is 11.3 Å². The SMILES string of the molecule is Cc1cn2cc(NC(=O)NCc3nc(C)c(C)s3)ccc2n1. The number of urea groups is 1. The molecule has 0 bridgehead atoms. The van der Waals surface area contributed by atoms with Crippen molar-refractivity contribution in [1.29, 1.82) is 0 Å². The topological polar surface area (TPSA) is 71.3 Å². The van der Waals surface area contributed by atoms with Gasteiger partial charge in [-0.2, -0.15) is 0 Å². The van der Waals surface area contributed by atoms with Crippen LogP contribution in [0.2, 0.25) is 0 Å². The lowest BCUT2D eigenvalue weighted by atomic mass is 10.4. The molecule has 0 aromatic carbocycles. The average Bonchev–Trinajstić information content (AvgIpc) is 2.98. The highest BCUT2D eigenvalue weighted by molar-refractivity contribution is 7.11. The van der Waals surface area contributed by atoms with Gasteiger partial charge in [-0.1, -0.05) is 0 Å². The van der Waals surface area contributed by atoms with Crippen molar-refractivity contribution in [2.75, 3.05) is 5.32 Å². The Balaban J connectivity index is 1.62. The number of amides is 2. The summed E-state index contributed by atoms with van der Waals surface area (Å²) in [6.07, 6.45) is 3.76. The lowest BCUT2D eigenvalue weighted by molar-refractivity contribution is 0.251.